The first-order chi connectivity index (χ1) is 8.16. The van der Waals surface area contributed by atoms with Crippen molar-refractivity contribution < 1.29 is 14.6 Å². The number of primary amides is 1. The summed E-state index contributed by atoms with van der Waals surface area (Å²) in [6.45, 7) is 0. The van der Waals surface area contributed by atoms with Gasteiger partial charge in [-0.3, -0.25) is 4.98 Å². The quantitative estimate of drug-likeness (QED) is 0.759. The summed E-state index contributed by atoms with van der Waals surface area (Å²) >= 11 is 0. The van der Waals surface area contributed by atoms with Crippen LogP contribution >= 0.6 is 0 Å². The summed E-state index contributed by atoms with van der Waals surface area (Å²) < 4.78 is 5.14. The van der Waals surface area contributed by atoms with Gasteiger partial charge in [0.15, 0.2) is 0 Å². The lowest BCUT2D eigenvalue weighted by Gasteiger charge is -2.13. The molecule has 0 spiro atoms. The van der Waals surface area contributed by atoms with Crippen LogP contribution in [0.1, 0.15) is 41.5 Å². The summed E-state index contributed by atoms with van der Waals surface area (Å²) in [7, 11) is 0. The Labute approximate surface area is 98.6 Å². The van der Waals surface area contributed by atoms with E-state index in [2.05, 4.69) is 4.98 Å². The van der Waals surface area contributed by atoms with Gasteiger partial charge in [-0.25, -0.2) is 4.79 Å². The highest BCUT2D eigenvalue weighted by Gasteiger charge is 2.31. The lowest BCUT2D eigenvalue weighted by molar-refractivity contribution is 0.175. The summed E-state index contributed by atoms with van der Waals surface area (Å²) in [5.41, 5.74) is 8.57. The number of aliphatic hydroxyl groups is 1. The molecule has 90 valence electrons. The van der Waals surface area contributed by atoms with Crippen LogP contribution < -0.4 is 10.5 Å². The van der Waals surface area contributed by atoms with Crippen LogP contribution in [0.4, 0.5) is 4.79 Å². The van der Waals surface area contributed by atoms with Gasteiger partial charge in [0, 0.05) is 16.8 Å². The Kier molecular flexibility index (Phi) is 2.29. The van der Waals surface area contributed by atoms with Gasteiger partial charge in [0.25, 0.3) is 0 Å². The molecule has 1 atom stereocenters. The summed E-state index contributed by atoms with van der Waals surface area (Å²) in [6, 6.07) is 0. The van der Waals surface area contributed by atoms with E-state index in [1.54, 1.807) is 0 Å². The predicted molar refractivity (Wildman–Crippen MR) is 59.8 cm³/mol. The number of rotatable bonds is 1. The van der Waals surface area contributed by atoms with E-state index in [9.17, 15) is 9.90 Å². The van der Waals surface area contributed by atoms with Gasteiger partial charge in [0.1, 0.15) is 5.75 Å². The third-order valence-corrected chi connectivity index (χ3v) is 3.49. The number of pyridine rings is 1. The van der Waals surface area contributed by atoms with E-state index in [1.165, 1.54) is 0 Å². The van der Waals surface area contributed by atoms with Crippen LogP contribution in [-0.4, -0.2) is 16.2 Å². The molecule has 0 saturated heterocycles. The number of nitrogens with zero attached hydrogens (tertiary/aromatic N) is 1. The molecule has 3 rings (SSSR count). The monoisotopic (exact) mass is 234 g/mol. The summed E-state index contributed by atoms with van der Waals surface area (Å²) in [5, 5.41) is 9.84. The molecule has 2 aliphatic rings. The number of ether oxygens (including phenoxy) is 1. The Morgan fingerprint density at radius 3 is 2.94 bits per heavy atom. The van der Waals surface area contributed by atoms with E-state index in [1.807, 2.05) is 0 Å². The fourth-order valence-corrected chi connectivity index (χ4v) is 2.77. The third kappa shape index (κ3) is 1.58. The van der Waals surface area contributed by atoms with Gasteiger partial charge >= 0.3 is 6.09 Å². The molecule has 1 heterocycles. The fourth-order valence-electron chi connectivity index (χ4n) is 2.77. The molecule has 0 radical (unpaired) electrons. The smallest absolute Gasteiger partial charge is 0.409 e. The minimum atomic E-state index is -0.797. The van der Waals surface area contributed by atoms with Crippen molar-refractivity contribution in [2.45, 2.75) is 38.2 Å². The number of carbonyl (C=O) groups excluding carboxylic acids is 1. The van der Waals surface area contributed by atoms with Crippen molar-refractivity contribution in [3.63, 3.8) is 0 Å². The normalized spacial score (nSPS) is 21.1. The van der Waals surface area contributed by atoms with Crippen molar-refractivity contribution in [2.75, 3.05) is 0 Å². The Bertz CT molecular complexity index is 499. The molecule has 5 heteroatoms. The van der Waals surface area contributed by atoms with Gasteiger partial charge < -0.3 is 15.6 Å². The van der Waals surface area contributed by atoms with Gasteiger partial charge in [0.05, 0.1) is 11.8 Å². The number of hydrogen-bond acceptors (Lipinski definition) is 4. The number of aliphatic hydroxyl groups excluding tert-OH is 1. The van der Waals surface area contributed by atoms with Crippen LogP contribution in [0, 0.1) is 0 Å². The Balaban J connectivity index is 2.17. The molecule has 0 aromatic carbocycles. The van der Waals surface area contributed by atoms with Crippen LogP contribution in [0.25, 0.3) is 0 Å². The van der Waals surface area contributed by atoms with Crippen molar-refractivity contribution in [1.29, 1.82) is 0 Å². The molecule has 5 nitrogen and oxygen atoms in total. The number of aryl methyl sites for hydroxylation is 1. The van der Waals surface area contributed by atoms with Crippen molar-refractivity contribution in [3.05, 3.63) is 22.5 Å². The molecule has 1 unspecified atom stereocenters. The van der Waals surface area contributed by atoms with E-state index in [0.29, 0.717) is 24.3 Å². The molecule has 1 aromatic heterocycles. The second-order valence-corrected chi connectivity index (χ2v) is 4.56. The minimum Gasteiger partial charge on any atom is -0.410 e. The van der Waals surface area contributed by atoms with Crippen molar-refractivity contribution in [2.24, 2.45) is 5.73 Å². The van der Waals surface area contributed by atoms with Crippen LogP contribution in [0.15, 0.2) is 0 Å². The maximum absolute atomic E-state index is 11.0. The summed E-state index contributed by atoms with van der Waals surface area (Å²) in [5.74, 6) is 0.562. The van der Waals surface area contributed by atoms with Crippen LogP contribution in [0.5, 0.6) is 5.75 Å². The molecule has 0 fully saturated rings. The number of hydrogen-bond donors (Lipinski definition) is 2. The third-order valence-electron chi connectivity index (χ3n) is 3.49. The van der Waals surface area contributed by atoms with Gasteiger partial charge in [-0.2, -0.15) is 0 Å². The van der Waals surface area contributed by atoms with Crippen molar-refractivity contribution in [3.8, 4) is 5.75 Å². The van der Waals surface area contributed by atoms with Crippen LogP contribution in [0.2, 0.25) is 0 Å². The zero-order valence-corrected chi connectivity index (χ0v) is 9.40. The molecule has 0 saturated carbocycles. The number of aromatic nitrogens is 1. The maximum atomic E-state index is 11.0. The molecule has 0 bridgehead atoms. The van der Waals surface area contributed by atoms with Crippen LogP contribution in [-0.2, 0) is 19.3 Å². The number of amides is 1. The van der Waals surface area contributed by atoms with E-state index >= 15 is 0 Å². The summed E-state index contributed by atoms with van der Waals surface area (Å²) in [4.78, 5) is 15.5. The Hall–Kier alpha value is -1.62. The molecule has 0 aliphatic heterocycles. The average Bonchev–Trinajstić information content (AvgIpc) is 2.86. The zero-order valence-electron chi connectivity index (χ0n) is 9.40. The number of carbonyl (C=O) groups is 1. The van der Waals surface area contributed by atoms with Gasteiger partial charge in [-0.05, 0) is 32.1 Å². The standard InChI is InChI=1S/C12H14N2O3/c13-12(16)17-11-6-2-1-3-8(6)14-10-7(11)4-5-9(10)15/h9,15H,1-5H2,(H2,13,16). The van der Waals surface area contributed by atoms with Gasteiger partial charge in [0.2, 0.25) is 0 Å². The second-order valence-electron chi connectivity index (χ2n) is 4.56. The van der Waals surface area contributed by atoms with E-state index in [0.717, 1.165) is 36.1 Å². The molecule has 17 heavy (non-hydrogen) atoms. The lowest BCUT2D eigenvalue weighted by Crippen LogP contribution is -2.18. The molecule has 3 N–H and O–H groups in total. The maximum Gasteiger partial charge on any atom is 0.409 e. The first kappa shape index (κ1) is 10.5. The van der Waals surface area contributed by atoms with E-state index < -0.39 is 12.2 Å². The lowest BCUT2D eigenvalue weighted by atomic mass is 10.1. The van der Waals surface area contributed by atoms with Crippen LogP contribution in [0.3, 0.4) is 0 Å². The highest BCUT2D eigenvalue weighted by atomic mass is 16.5. The Morgan fingerprint density at radius 1 is 1.35 bits per heavy atom. The van der Waals surface area contributed by atoms with E-state index in [-0.39, 0.29) is 0 Å². The van der Waals surface area contributed by atoms with E-state index in [4.69, 9.17) is 10.5 Å². The summed E-state index contributed by atoms with van der Waals surface area (Å²) in [6.07, 6.45) is 2.76. The van der Waals surface area contributed by atoms with Gasteiger partial charge in [-0.15, -0.1) is 0 Å². The Morgan fingerprint density at radius 2 is 2.18 bits per heavy atom. The van der Waals surface area contributed by atoms with Gasteiger partial charge in [-0.1, -0.05) is 0 Å². The first-order valence-corrected chi connectivity index (χ1v) is 5.86. The number of fused-ring (bicyclic) bond motifs is 2. The minimum absolute atomic E-state index is 0.536. The first-order valence-electron chi connectivity index (χ1n) is 5.86. The highest BCUT2D eigenvalue weighted by molar-refractivity contribution is 5.70. The average molecular weight is 234 g/mol. The zero-order chi connectivity index (χ0) is 12.0. The SMILES string of the molecule is NC(=O)Oc1c2c(nc3c1CCC3O)CCC2. The molecule has 1 amide bonds. The fraction of sp³-hybridized carbons (Fsp3) is 0.500. The largest absolute Gasteiger partial charge is 0.410 e. The molecular formula is C12H14N2O3. The second kappa shape index (κ2) is 3.70. The van der Waals surface area contributed by atoms with Crippen molar-refractivity contribution >= 4 is 6.09 Å². The number of nitrogens with two attached hydrogens (primary N) is 1. The highest BCUT2D eigenvalue weighted by Crippen LogP contribution is 2.41. The molecule has 1 aromatic rings. The predicted octanol–water partition coefficient (Wildman–Crippen LogP) is 1.01. The van der Waals surface area contributed by atoms with Crippen molar-refractivity contribution in [1.82, 2.24) is 4.98 Å². The molecular weight excluding hydrogens is 220 g/mol. The topological polar surface area (TPSA) is 85.4 Å². The molecule has 2 aliphatic carbocycles.